The van der Waals surface area contributed by atoms with Crippen molar-refractivity contribution in [2.75, 3.05) is 11.5 Å². The third-order valence-corrected chi connectivity index (χ3v) is 6.28. The molecule has 1 aliphatic heterocycles. The van der Waals surface area contributed by atoms with E-state index in [1.165, 1.54) is 4.90 Å². The number of hydrogen-bond acceptors (Lipinski definition) is 4. The molecule has 1 unspecified atom stereocenters. The van der Waals surface area contributed by atoms with Crippen molar-refractivity contribution >= 4 is 23.1 Å². The van der Waals surface area contributed by atoms with Crippen LogP contribution in [-0.2, 0) is 15.0 Å². The number of rotatable bonds is 6. The highest BCUT2D eigenvalue weighted by Crippen LogP contribution is 2.42. The van der Waals surface area contributed by atoms with Gasteiger partial charge >= 0.3 is 0 Å². The Balaban J connectivity index is 1.79. The molecule has 0 spiro atoms. The van der Waals surface area contributed by atoms with Crippen molar-refractivity contribution in [1.82, 2.24) is 0 Å². The number of carbonyl (C=O) groups excluding carboxylic acids is 2. The molecule has 3 aromatic rings. The number of hydrogen-bond donors (Lipinski definition) is 1. The first-order chi connectivity index (χ1) is 17.1. The van der Waals surface area contributed by atoms with Crippen molar-refractivity contribution < 1.29 is 19.4 Å². The predicted octanol–water partition coefficient (Wildman–Crippen LogP) is 6.65. The average molecular weight is 484 g/mol. The first kappa shape index (κ1) is 25.2. The lowest BCUT2D eigenvalue weighted by Crippen LogP contribution is -2.29. The summed E-state index contributed by atoms with van der Waals surface area (Å²) in [5.41, 5.74) is 2.96. The second-order valence-electron chi connectivity index (χ2n) is 10.6. The summed E-state index contributed by atoms with van der Waals surface area (Å²) < 4.78 is 5.74. The van der Waals surface area contributed by atoms with Crippen molar-refractivity contribution in [2.24, 2.45) is 5.92 Å². The number of Topliss-reactive ketones (excluding diaryl/α,β-unsaturated/α-hetero) is 1. The quantitative estimate of drug-likeness (QED) is 0.242. The number of aliphatic hydroxyl groups excluding tert-OH is 1. The maximum Gasteiger partial charge on any atom is 0.300 e. The normalized spacial score (nSPS) is 17.6. The molecule has 1 heterocycles. The highest BCUT2D eigenvalue weighted by Gasteiger charge is 2.46. The number of amides is 1. The van der Waals surface area contributed by atoms with E-state index in [9.17, 15) is 14.7 Å². The molecule has 0 radical (unpaired) electrons. The molecule has 5 nitrogen and oxygen atoms in total. The molecule has 1 saturated heterocycles. The summed E-state index contributed by atoms with van der Waals surface area (Å²) >= 11 is 0. The van der Waals surface area contributed by atoms with Crippen molar-refractivity contribution in [3.63, 3.8) is 0 Å². The van der Waals surface area contributed by atoms with Gasteiger partial charge in [-0.15, -0.1) is 0 Å². The van der Waals surface area contributed by atoms with E-state index in [1.54, 1.807) is 24.3 Å². The fourth-order valence-corrected chi connectivity index (χ4v) is 4.30. The first-order valence-electron chi connectivity index (χ1n) is 12.3. The summed E-state index contributed by atoms with van der Waals surface area (Å²) in [4.78, 5) is 28.1. The van der Waals surface area contributed by atoms with Crippen LogP contribution in [0.5, 0.6) is 5.75 Å². The SMILES string of the molecule is CC(C)COc1ccc(/C(O)=C2\C(=O)C(=O)N(c3ccc(C(C)(C)C)cc3)C2c2ccccc2)cc1. The van der Waals surface area contributed by atoms with Crippen LogP contribution in [0.25, 0.3) is 5.76 Å². The Labute approximate surface area is 213 Å². The smallest absolute Gasteiger partial charge is 0.300 e. The molecule has 1 atom stereocenters. The molecule has 186 valence electrons. The molecule has 0 aliphatic carbocycles. The molecule has 1 amide bonds. The van der Waals surface area contributed by atoms with Crippen molar-refractivity contribution in [2.45, 2.75) is 46.1 Å². The maximum atomic E-state index is 13.3. The Hall–Kier alpha value is -3.86. The molecule has 1 N–H and O–H groups in total. The molecule has 0 saturated carbocycles. The van der Waals surface area contributed by atoms with E-state index in [1.807, 2.05) is 54.6 Å². The Morgan fingerprint density at radius 3 is 2.08 bits per heavy atom. The van der Waals surface area contributed by atoms with E-state index >= 15 is 0 Å². The molecule has 3 aromatic carbocycles. The summed E-state index contributed by atoms with van der Waals surface area (Å²) in [6.45, 7) is 11.1. The molecule has 4 rings (SSSR count). The van der Waals surface area contributed by atoms with Gasteiger partial charge in [0.25, 0.3) is 11.7 Å². The van der Waals surface area contributed by atoms with Gasteiger partial charge in [-0.3, -0.25) is 14.5 Å². The number of ether oxygens (including phenoxy) is 1. The molecular formula is C31H33NO4. The van der Waals surface area contributed by atoms with Gasteiger partial charge in [-0.2, -0.15) is 0 Å². The number of anilines is 1. The van der Waals surface area contributed by atoms with Crippen LogP contribution in [0.1, 0.15) is 57.4 Å². The van der Waals surface area contributed by atoms with Gasteiger partial charge in [-0.1, -0.05) is 77.1 Å². The third kappa shape index (κ3) is 5.06. The molecule has 1 aliphatic rings. The second-order valence-corrected chi connectivity index (χ2v) is 10.6. The Kier molecular flexibility index (Phi) is 7.02. The first-order valence-corrected chi connectivity index (χ1v) is 12.3. The molecule has 0 aromatic heterocycles. The zero-order chi connectivity index (χ0) is 26.0. The van der Waals surface area contributed by atoms with Gasteiger partial charge < -0.3 is 9.84 Å². The molecule has 1 fully saturated rings. The lowest BCUT2D eigenvalue weighted by Gasteiger charge is -2.26. The number of carbonyl (C=O) groups is 2. The van der Waals surface area contributed by atoms with Gasteiger partial charge in [-0.05, 0) is 58.9 Å². The highest BCUT2D eigenvalue weighted by molar-refractivity contribution is 6.51. The fraction of sp³-hybridized carbons (Fsp3) is 0.290. The summed E-state index contributed by atoms with van der Waals surface area (Å²) in [5, 5.41) is 11.3. The Morgan fingerprint density at radius 2 is 1.53 bits per heavy atom. The molecule has 36 heavy (non-hydrogen) atoms. The minimum absolute atomic E-state index is 0.0451. The van der Waals surface area contributed by atoms with Crippen molar-refractivity contribution in [3.8, 4) is 5.75 Å². The van der Waals surface area contributed by atoms with Gasteiger partial charge in [0.2, 0.25) is 0 Å². The minimum Gasteiger partial charge on any atom is -0.507 e. The summed E-state index contributed by atoms with van der Waals surface area (Å²) in [6.07, 6.45) is 0. The van der Waals surface area contributed by atoms with Crippen LogP contribution in [0.15, 0.2) is 84.4 Å². The number of ketones is 1. The fourth-order valence-electron chi connectivity index (χ4n) is 4.30. The number of aliphatic hydroxyl groups is 1. The lowest BCUT2D eigenvalue weighted by molar-refractivity contribution is -0.132. The van der Waals surface area contributed by atoms with E-state index in [2.05, 4.69) is 34.6 Å². The summed E-state index contributed by atoms with van der Waals surface area (Å²) in [5.74, 6) is -0.504. The van der Waals surface area contributed by atoms with Crippen LogP contribution in [0.3, 0.4) is 0 Å². The third-order valence-electron chi connectivity index (χ3n) is 6.28. The Bertz CT molecular complexity index is 1270. The molecule has 0 bridgehead atoms. The largest absolute Gasteiger partial charge is 0.507 e. The van der Waals surface area contributed by atoms with E-state index in [0.29, 0.717) is 29.5 Å². The number of nitrogens with zero attached hydrogens (tertiary/aromatic N) is 1. The van der Waals surface area contributed by atoms with E-state index in [-0.39, 0.29) is 16.7 Å². The van der Waals surface area contributed by atoms with Crippen molar-refractivity contribution in [1.29, 1.82) is 0 Å². The number of benzene rings is 3. The van der Waals surface area contributed by atoms with Gasteiger partial charge in [-0.25, -0.2) is 0 Å². The van der Waals surface area contributed by atoms with Gasteiger partial charge in [0.1, 0.15) is 11.5 Å². The van der Waals surface area contributed by atoms with Gasteiger partial charge in [0, 0.05) is 11.3 Å². The van der Waals surface area contributed by atoms with Crippen LogP contribution in [0.2, 0.25) is 0 Å². The highest BCUT2D eigenvalue weighted by atomic mass is 16.5. The van der Waals surface area contributed by atoms with Crippen LogP contribution < -0.4 is 9.64 Å². The maximum absolute atomic E-state index is 13.3. The minimum atomic E-state index is -0.747. The van der Waals surface area contributed by atoms with Crippen LogP contribution >= 0.6 is 0 Å². The van der Waals surface area contributed by atoms with Crippen molar-refractivity contribution in [3.05, 3.63) is 101 Å². The molecular weight excluding hydrogens is 450 g/mol. The van der Waals surface area contributed by atoms with E-state index < -0.39 is 17.7 Å². The van der Waals surface area contributed by atoms with Crippen LogP contribution in [0, 0.1) is 5.92 Å². The Morgan fingerprint density at radius 1 is 0.917 bits per heavy atom. The van der Waals surface area contributed by atoms with E-state index in [4.69, 9.17) is 4.74 Å². The topological polar surface area (TPSA) is 66.8 Å². The zero-order valence-electron chi connectivity index (χ0n) is 21.5. The zero-order valence-corrected chi connectivity index (χ0v) is 21.5. The standard InChI is InChI=1S/C31H33NO4/c1-20(2)19-36-25-17-11-22(12-18-25)28(33)26-27(21-9-7-6-8-10-21)32(30(35)29(26)34)24-15-13-23(14-16-24)31(3,4)5/h6-18,20,27,33H,19H2,1-5H3/b28-26+. The monoisotopic (exact) mass is 483 g/mol. The second kappa shape index (κ2) is 10.0. The lowest BCUT2D eigenvalue weighted by atomic mass is 9.87. The van der Waals surface area contributed by atoms with Crippen LogP contribution in [-0.4, -0.2) is 23.4 Å². The molecule has 5 heteroatoms. The summed E-state index contributed by atoms with van der Waals surface area (Å²) in [6, 6.07) is 23.2. The van der Waals surface area contributed by atoms with Gasteiger partial charge in [0.15, 0.2) is 0 Å². The van der Waals surface area contributed by atoms with Crippen LogP contribution in [0.4, 0.5) is 5.69 Å². The summed E-state index contributed by atoms with van der Waals surface area (Å²) in [7, 11) is 0. The predicted molar refractivity (Wildman–Crippen MR) is 143 cm³/mol. The van der Waals surface area contributed by atoms with Gasteiger partial charge in [0.05, 0.1) is 18.2 Å². The average Bonchev–Trinajstić information content (AvgIpc) is 3.13. The van der Waals surface area contributed by atoms with E-state index in [0.717, 1.165) is 11.1 Å².